The van der Waals surface area contributed by atoms with Crippen molar-refractivity contribution < 1.29 is 32.3 Å². The van der Waals surface area contributed by atoms with Crippen LogP contribution in [0, 0.1) is 6.92 Å². The summed E-state index contributed by atoms with van der Waals surface area (Å²) in [5.74, 6) is -3.55. The number of ether oxygens (including phenoxy) is 2. The molecule has 2 aromatic heterocycles. The van der Waals surface area contributed by atoms with Gasteiger partial charge in [0.25, 0.3) is 11.8 Å². The minimum Gasteiger partial charge on any atom is -0.473 e. The predicted molar refractivity (Wildman–Crippen MR) is 124 cm³/mol. The Hall–Kier alpha value is -3.69. The van der Waals surface area contributed by atoms with Crippen molar-refractivity contribution in [1.29, 1.82) is 0 Å². The Kier molecular flexibility index (Phi) is 6.40. The number of benzene rings is 1. The maximum Gasteiger partial charge on any atom is 0.410 e. The highest BCUT2D eigenvalue weighted by molar-refractivity contribution is 6.07. The number of carbonyl (C=O) groups is 2. The predicted octanol–water partition coefficient (Wildman–Crippen LogP) is 4.70. The Morgan fingerprint density at radius 3 is 2.66 bits per heavy atom. The number of nitrogens with one attached hydrogen (secondary N) is 1. The van der Waals surface area contributed by atoms with Crippen molar-refractivity contribution in [3.63, 3.8) is 0 Å². The van der Waals surface area contributed by atoms with Crippen LogP contribution in [-0.2, 0) is 11.3 Å². The normalized spacial score (nSPS) is 17.4. The van der Waals surface area contributed by atoms with Gasteiger partial charge in [-0.05, 0) is 33.3 Å². The highest BCUT2D eigenvalue weighted by atomic mass is 19.3. The fourth-order valence-electron chi connectivity index (χ4n) is 3.83. The molecule has 1 aromatic carbocycles. The van der Waals surface area contributed by atoms with E-state index in [4.69, 9.17) is 13.9 Å². The number of nitrogens with zero attached hydrogens (tertiary/aromatic N) is 2. The monoisotopic (exact) mass is 487 g/mol. The molecule has 1 atom stereocenters. The molecule has 0 bridgehead atoms. The second-order valence-electron chi connectivity index (χ2n) is 9.47. The van der Waals surface area contributed by atoms with E-state index in [0.29, 0.717) is 11.0 Å². The maximum atomic E-state index is 14.7. The van der Waals surface area contributed by atoms with Gasteiger partial charge in [0.2, 0.25) is 5.88 Å². The highest BCUT2D eigenvalue weighted by Crippen LogP contribution is 2.31. The van der Waals surface area contributed by atoms with Gasteiger partial charge in [-0.15, -0.1) is 0 Å². The van der Waals surface area contributed by atoms with Gasteiger partial charge in [0.1, 0.15) is 24.0 Å². The first-order valence-corrected chi connectivity index (χ1v) is 11.2. The summed E-state index contributed by atoms with van der Waals surface area (Å²) in [6.45, 7) is 5.56. The van der Waals surface area contributed by atoms with Crippen molar-refractivity contribution in [3.8, 4) is 5.88 Å². The third kappa shape index (κ3) is 5.52. The summed E-state index contributed by atoms with van der Waals surface area (Å²) in [5.41, 5.74) is 0.551. The average Bonchev–Trinajstić information content (AvgIpc) is 3.26. The van der Waals surface area contributed by atoms with Crippen LogP contribution in [0.15, 0.2) is 47.0 Å². The van der Waals surface area contributed by atoms with Crippen molar-refractivity contribution in [3.05, 3.63) is 59.5 Å². The molecule has 0 radical (unpaired) electrons. The lowest BCUT2D eigenvalue weighted by Crippen LogP contribution is -2.46. The number of rotatable bonds is 5. The molecule has 3 aromatic rings. The summed E-state index contributed by atoms with van der Waals surface area (Å²) in [7, 11) is 0. The van der Waals surface area contributed by atoms with Crippen LogP contribution in [0.1, 0.15) is 42.5 Å². The first-order chi connectivity index (χ1) is 16.4. The Morgan fingerprint density at radius 1 is 1.26 bits per heavy atom. The lowest BCUT2D eigenvalue weighted by atomic mass is 10.1. The smallest absolute Gasteiger partial charge is 0.410 e. The number of hydrogen-bond acceptors (Lipinski definition) is 6. The number of carbonyl (C=O) groups excluding carboxylic acids is 2. The molecule has 1 aliphatic heterocycles. The SMILES string of the molecule is Cc1oc2cnc(OCc3ccccc3)cc2c1C(=O)N[C@@H]1CN(C(=O)OC(C)(C)C)CC1(F)F. The first-order valence-electron chi connectivity index (χ1n) is 11.2. The molecular formula is C25H27F2N3O5. The molecule has 35 heavy (non-hydrogen) atoms. The van der Waals surface area contributed by atoms with Gasteiger partial charge in [-0.3, -0.25) is 9.69 Å². The van der Waals surface area contributed by atoms with Crippen LogP contribution in [-0.4, -0.2) is 52.5 Å². The molecule has 1 saturated heterocycles. The number of pyridine rings is 1. The summed E-state index contributed by atoms with van der Waals surface area (Å²) in [4.78, 5) is 30.4. The molecule has 3 heterocycles. The number of hydrogen-bond donors (Lipinski definition) is 1. The highest BCUT2D eigenvalue weighted by Gasteiger charge is 2.51. The first kappa shape index (κ1) is 24.4. The Bertz CT molecular complexity index is 1240. The zero-order chi connectivity index (χ0) is 25.4. The molecule has 1 aliphatic rings. The number of aromatic nitrogens is 1. The number of furan rings is 1. The topological polar surface area (TPSA) is 93.9 Å². The lowest BCUT2D eigenvalue weighted by Gasteiger charge is -2.24. The zero-order valence-corrected chi connectivity index (χ0v) is 19.9. The van der Waals surface area contributed by atoms with Crippen LogP contribution in [0.3, 0.4) is 0 Å². The van der Waals surface area contributed by atoms with Gasteiger partial charge in [0.15, 0.2) is 5.58 Å². The van der Waals surface area contributed by atoms with Crippen molar-refractivity contribution in [2.45, 2.75) is 51.9 Å². The van der Waals surface area contributed by atoms with E-state index in [9.17, 15) is 18.4 Å². The largest absolute Gasteiger partial charge is 0.473 e. The van der Waals surface area contributed by atoms with Gasteiger partial charge in [0, 0.05) is 11.5 Å². The van der Waals surface area contributed by atoms with E-state index < -0.39 is 36.1 Å². The Balaban J connectivity index is 1.51. The second-order valence-corrected chi connectivity index (χ2v) is 9.47. The van der Waals surface area contributed by atoms with Gasteiger partial charge in [-0.2, -0.15) is 0 Å². The van der Waals surface area contributed by atoms with Crippen molar-refractivity contribution in [2.24, 2.45) is 0 Å². The molecule has 0 spiro atoms. The average molecular weight is 488 g/mol. The van der Waals surface area contributed by atoms with Crippen LogP contribution >= 0.6 is 0 Å². The van der Waals surface area contributed by atoms with Gasteiger partial charge >= 0.3 is 6.09 Å². The van der Waals surface area contributed by atoms with Crippen LogP contribution in [0.2, 0.25) is 0 Å². The van der Waals surface area contributed by atoms with E-state index in [1.807, 2.05) is 30.3 Å². The summed E-state index contributed by atoms with van der Waals surface area (Å²) >= 11 is 0. The molecule has 0 saturated carbocycles. The number of fused-ring (bicyclic) bond motifs is 1. The molecule has 186 valence electrons. The molecule has 1 fully saturated rings. The van der Waals surface area contributed by atoms with Crippen LogP contribution < -0.4 is 10.1 Å². The molecule has 1 N–H and O–H groups in total. The fraction of sp³-hybridized carbons (Fsp3) is 0.400. The molecule has 0 unspecified atom stereocenters. The third-order valence-corrected chi connectivity index (χ3v) is 5.45. The van der Waals surface area contributed by atoms with Crippen molar-refractivity contribution >= 4 is 23.0 Å². The number of amides is 2. The number of alkyl halides is 2. The Labute approximate surface area is 201 Å². The molecule has 0 aliphatic carbocycles. The van der Waals surface area contributed by atoms with Gasteiger partial charge < -0.3 is 19.2 Å². The molecular weight excluding hydrogens is 460 g/mol. The zero-order valence-electron chi connectivity index (χ0n) is 19.9. The number of aryl methyl sites for hydroxylation is 1. The fourth-order valence-corrected chi connectivity index (χ4v) is 3.83. The van der Waals surface area contributed by atoms with Crippen LogP contribution in [0.5, 0.6) is 5.88 Å². The quantitative estimate of drug-likeness (QED) is 0.561. The minimum absolute atomic E-state index is 0.110. The van der Waals surface area contributed by atoms with E-state index in [-0.39, 0.29) is 30.4 Å². The van der Waals surface area contributed by atoms with E-state index in [0.717, 1.165) is 10.5 Å². The van der Waals surface area contributed by atoms with Crippen LogP contribution in [0.4, 0.5) is 13.6 Å². The third-order valence-electron chi connectivity index (χ3n) is 5.45. The van der Waals surface area contributed by atoms with Gasteiger partial charge in [0.05, 0.1) is 24.8 Å². The van der Waals surface area contributed by atoms with Crippen LogP contribution in [0.25, 0.3) is 11.0 Å². The summed E-state index contributed by atoms with van der Waals surface area (Å²) in [6.07, 6.45) is 0.568. The molecule has 8 nitrogen and oxygen atoms in total. The number of likely N-dealkylation sites (tertiary alicyclic amines) is 1. The van der Waals surface area contributed by atoms with E-state index in [1.165, 1.54) is 6.20 Å². The number of halogens is 2. The van der Waals surface area contributed by atoms with E-state index >= 15 is 0 Å². The molecule has 4 rings (SSSR count). The standard InChI is InChI=1S/C25H27F2N3O5/c1-15-21(17-10-20(28-11-18(17)34-15)33-13-16-8-6-5-7-9-16)22(31)29-19-12-30(14-25(19,26)27)23(32)35-24(2,3)4/h5-11,19H,12-14H2,1-4H3,(H,29,31)/t19-/m1/s1. The maximum absolute atomic E-state index is 14.7. The van der Waals surface area contributed by atoms with Gasteiger partial charge in [-0.1, -0.05) is 30.3 Å². The molecule has 10 heteroatoms. The van der Waals surface area contributed by atoms with Crippen molar-refractivity contribution in [2.75, 3.05) is 13.1 Å². The second kappa shape index (κ2) is 9.16. The summed E-state index contributed by atoms with van der Waals surface area (Å²) in [5, 5.41) is 2.76. The van der Waals surface area contributed by atoms with Crippen molar-refractivity contribution in [1.82, 2.24) is 15.2 Å². The Morgan fingerprint density at radius 2 is 1.97 bits per heavy atom. The molecule has 2 amide bonds. The van der Waals surface area contributed by atoms with Gasteiger partial charge in [-0.25, -0.2) is 18.6 Å². The summed E-state index contributed by atoms with van der Waals surface area (Å²) < 4.78 is 45.9. The van der Waals surface area contributed by atoms with E-state index in [2.05, 4.69) is 10.3 Å². The van der Waals surface area contributed by atoms with E-state index in [1.54, 1.807) is 33.8 Å². The minimum atomic E-state index is -3.33. The summed E-state index contributed by atoms with van der Waals surface area (Å²) in [6, 6.07) is 9.45. The lowest BCUT2D eigenvalue weighted by molar-refractivity contribution is -0.0153.